The van der Waals surface area contributed by atoms with Crippen molar-refractivity contribution < 1.29 is 23.4 Å². The standard InChI is InChI=1S/C30H29ClF2N2O3/c1-16-11-21-20-7-5-6-8-24(20)34-27(21)28(35(16)15-30(2,3)33)26-22(31)12-18(13-23(26)32)19-10-9-17(29(36)37)14-25(19)38-4/h5-10,12-14,16,28,34H,11,15H2,1-4H3,(H,36,37)/t16-,28-/m1/s1. The van der Waals surface area contributed by atoms with Crippen molar-refractivity contribution in [2.75, 3.05) is 13.7 Å². The third-order valence-corrected chi connectivity index (χ3v) is 7.50. The molecule has 0 radical (unpaired) electrons. The minimum absolute atomic E-state index is 0.0563. The zero-order valence-corrected chi connectivity index (χ0v) is 22.4. The highest BCUT2D eigenvalue weighted by Crippen LogP contribution is 2.46. The van der Waals surface area contributed by atoms with Gasteiger partial charge >= 0.3 is 5.97 Å². The van der Waals surface area contributed by atoms with Crippen LogP contribution in [-0.2, 0) is 6.42 Å². The molecular weight excluding hydrogens is 510 g/mol. The number of hydrogen-bond donors (Lipinski definition) is 2. The number of carboxylic acid groups (broad SMARTS) is 1. The third-order valence-electron chi connectivity index (χ3n) is 7.19. The van der Waals surface area contributed by atoms with E-state index in [0.29, 0.717) is 17.5 Å². The number of para-hydroxylation sites is 1. The van der Waals surface area contributed by atoms with Crippen molar-refractivity contribution in [3.05, 3.63) is 87.8 Å². The number of aromatic nitrogens is 1. The number of methoxy groups -OCH3 is 1. The molecular formula is C30H29ClF2N2O3. The topological polar surface area (TPSA) is 65.6 Å². The first-order chi connectivity index (χ1) is 18.0. The van der Waals surface area contributed by atoms with E-state index in [4.69, 9.17) is 16.3 Å². The molecule has 1 aromatic heterocycles. The number of halogens is 3. The van der Waals surface area contributed by atoms with Gasteiger partial charge in [-0.1, -0.05) is 29.8 Å². The van der Waals surface area contributed by atoms with E-state index in [2.05, 4.69) is 4.98 Å². The van der Waals surface area contributed by atoms with E-state index < -0.39 is 23.5 Å². The first kappa shape index (κ1) is 26.2. The van der Waals surface area contributed by atoms with Gasteiger partial charge in [0.1, 0.15) is 17.2 Å². The molecule has 0 saturated heterocycles. The number of aromatic carboxylic acids is 1. The van der Waals surface area contributed by atoms with Crippen LogP contribution in [0.2, 0.25) is 5.02 Å². The summed E-state index contributed by atoms with van der Waals surface area (Å²) in [5.41, 5.74) is 2.59. The van der Waals surface area contributed by atoms with Crippen LogP contribution in [0.1, 0.15) is 54.0 Å². The molecule has 2 N–H and O–H groups in total. The monoisotopic (exact) mass is 538 g/mol. The molecule has 4 aromatic rings. The van der Waals surface area contributed by atoms with Gasteiger partial charge in [-0.15, -0.1) is 0 Å². The van der Waals surface area contributed by atoms with Crippen LogP contribution in [0.25, 0.3) is 22.0 Å². The number of nitrogens with zero attached hydrogens (tertiary/aromatic N) is 1. The van der Waals surface area contributed by atoms with Gasteiger partial charge in [0.25, 0.3) is 0 Å². The van der Waals surface area contributed by atoms with Gasteiger partial charge in [-0.05, 0) is 74.7 Å². The molecule has 3 aromatic carbocycles. The molecule has 0 fully saturated rings. The Balaban J connectivity index is 1.69. The number of carboxylic acids is 1. The number of ether oxygens (including phenoxy) is 1. The highest BCUT2D eigenvalue weighted by atomic mass is 35.5. The molecule has 0 unspecified atom stereocenters. The Kier molecular flexibility index (Phi) is 6.70. The van der Waals surface area contributed by atoms with Gasteiger partial charge in [0, 0.05) is 45.3 Å². The van der Waals surface area contributed by atoms with Crippen molar-refractivity contribution in [1.82, 2.24) is 9.88 Å². The zero-order chi connectivity index (χ0) is 27.4. The SMILES string of the molecule is COc1cc(C(=O)O)ccc1-c1cc(F)c([C@@H]2c3[nH]c4ccccc4c3C[C@@H](C)N2CC(C)(C)F)c(Cl)c1. The van der Waals surface area contributed by atoms with E-state index in [0.717, 1.165) is 22.2 Å². The molecule has 0 amide bonds. The molecule has 0 saturated carbocycles. The first-order valence-corrected chi connectivity index (χ1v) is 12.8. The van der Waals surface area contributed by atoms with E-state index in [-0.39, 0.29) is 34.5 Å². The summed E-state index contributed by atoms with van der Waals surface area (Å²) in [5.74, 6) is -1.34. The van der Waals surface area contributed by atoms with Crippen LogP contribution in [0.4, 0.5) is 8.78 Å². The summed E-state index contributed by atoms with van der Waals surface area (Å²) in [6, 6.07) is 14.7. The third kappa shape index (κ3) is 4.65. The van der Waals surface area contributed by atoms with Crippen LogP contribution in [0.15, 0.2) is 54.6 Å². The summed E-state index contributed by atoms with van der Waals surface area (Å²) in [4.78, 5) is 16.8. The number of carbonyl (C=O) groups is 1. The summed E-state index contributed by atoms with van der Waals surface area (Å²) in [5, 5.41) is 10.6. The molecule has 5 rings (SSSR count). The van der Waals surface area contributed by atoms with Crippen LogP contribution in [0.5, 0.6) is 5.75 Å². The van der Waals surface area contributed by atoms with Crippen molar-refractivity contribution in [3.63, 3.8) is 0 Å². The second-order valence-corrected chi connectivity index (χ2v) is 10.9. The summed E-state index contributed by atoms with van der Waals surface area (Å²) in [7, 11) is 1.42. The van der Waals surface area contributed by atoms with Crippen molar-refractivity contribution in [2.24, 2.45) is 0 Å². The maximum atomic E-state index is 16.2. The largest absolute Gasteiger partial charge is 0.496 e. The molecule has 0 aliphatic carbocycles. The first-order valence-electron chi connectivity index (χ1n) is 12.4. The van der Waals surface area contributed by atoms with Gasteiger partial charge in [0.2, 0.25) is 0 Å². The highest BCUT2D eigenvalue weighted by Gasteiger charge is 2.40. The average Bonchev–Trinajstić information content (AvgIpc) is 3.22. The quantitative estimate of drug-likeness (QED) is 0.268. The average molecular weight is 539 g/mol. The molecule has 5 nitrogen and oxygen atoms in total. The number of aromatic amines is 1. The fourth-order valence-electron chi connectivity index (χ4n) is 5.56. The lowest BCUT2D eigenvalue weighted by Crippen LogP contribution is -2.48. The van der Waals surface area contributed by atoms with Gasteiger partial charge < -0.3 is 14.8 Å². The summed E-state index contributed by atoms with van der Waals surface area (Å²) in [6.07, 6.45) is 0.691. The highest BCUT2D eigenvalue weighted by molar-refractivity contribution is 6.31. The van der Waals surface area contributed by atoms with E-state index in [9.17, 15) is 9.90 Å². The smallest absolute Gasteiger partial charge is 0.335 e. The summed E-state index contributed by atoms with van der Waals surface area (Å²) < 4.78 is 36.6. The molecule has 1 aliphatic rings. The lowest BCUT2D eigenvalue weighted by Gasteiger charge is -2.43. The Morgan fingerprint density at radius 1 is 1.21 bits per heavy atom. The Hall–Kier alpha value is -3.42. The number of hydrogen-bond acceptors (Lipinski definition) is 3. The minimum Gasteiger partial charge on any atom is -0.496 e. The van der Waals surface area contributed by atoms with E-state index >= 15 is 8.78 Å². The Bertz CT molecular complexity index is 1520. The van der Waals surface area contributed by atoms with Crippen molar-refractivity contribution in [2.45, 2.75) is 44.9 Å². The molecule has 8 heteroatoms. The Morgan fingerprint density at radius 3 is 2.61 bits per heavy atom. The van der Waals surface area contributed by atoms with E-state index in [1.54, 1.807) is 12.1 Å². The lowest BCUT2D eigenvalue weighted by molar-refractivity contribution is 0.0656. The van der Waals surface area contributed by atoms with Crippen LogP contribution in [0, 0.1) is 5.82 Å². The second-order valence-electron chi connectivity index (χ2n) is 10.5. The fourth-order valence-corrected chi connectivity index (χ4v) is 5.87. The molecule has 1 aliphatic heterocycles. The van der Waals surface area contributed by atoms with Crippen LogP contribution in [0.3, 0.4) is 0 Å². The number of H-pyrrole nitrogens is 1. The normalized spacial score (nSPS) is 18.0. The minimum atomic E-state index is -1.52. The summed E-state index contributed by atoms with van der Waals surface area (Å²) >= 11 is 6.84. The van der Waals surface area contributed by atoms with Crippen LogP contribution in [-0.4, -0.2) is 46.3 Å². The molecule has 0 spiro atoms. The van der Waals surface area contributed by atoms with E-state index in [1.165, 1.54) is 39.2 Å². The number of fused-ring (bicyclic) bond motifs is 3. The zero-order valence-electron chi connectivity index (χ0n) is 21.6. The second kappa shape index (κ2) is 9.71. The number of alkyl halides is 1. The Morgan fingerprint density at radius 2 is 1.95 bits per heavy atom. The van der Waals surface area contributed by atoms with Crippen molar-refractivity contribution in [1.29, 1.82) is 0 Å². The van der Waals surface area contributed by atoms with Crippen LogP contribution < -0.4 is 4.74 Å². The molecule has 38 heavy (non-hydrogen) atoms. The number of nitrogens with one attached hydrogen (secondary N) is 1. The van der Waals surface area contributed by atoms with Gasteiger partial charge in [-0.3, -0.25) is 4.90 Å². The van der Waals surface area contributed by atoms with Crippen LogP contribution >= 0.6 is 11.6 Å². The fraction of sp³-hybridized carbons (Fsp3) is 0.300. The number of benzene rings is 3. The molecule has 0 bridgehead atoms. The molecule has 2 heterocycles. The van der Waals surface area contributed by atoms with Gasteiger partial charge in [-0.2, -0.15) is 0 Å². The maximum Gasteiger partial charge on any atom is 0.335 e. The van der Waals surface area contributed by atoms with Crippen molar-refractivity contribution >= 4 is 28.5 Å². The molecule has 198 valence electrons. The summed E-state index contributed by atoms with van der Waals surface area (Å²) in [6.45, 7) is 5.16. The van der Waals surface area contributed by atoms with Gasteiger partial charge in [0.05, 0.1) is 18.7 Å². The predicted octanol–water partition coefficient (Wildman–Crippen LogP) is 7.42. The molecule has 2 atom stereocenters. The predicted molar refractivity (Wildman–Crippen MR) is 146 cm³/mol. The lowest BCUT2D eigenvalue weighted by atomic mass is 9.86. The van der Waals surface area contributed by atoms with Gasteiger partial charge in [-0.25, -0.2) is 13.6 Å². The number of rotatable bonds is 6. The Labute approximate surface area is 225 Å². The van der Waals surface area contributed by atoms with Crippen molar-refractivity contribution in [3.8, 4) is 16.9 Å². The van der Waals surface area contributed by atoms with E-state index in [1.807, 2.05) is 36.1 Å². The maximum absolute atomic E-state index is 16.2. The van der Waals surface area contributed by atoms with Gasteiger partial charge in [0.15, 0.2) is 0 Å².